The number of likely N-dealkylation sites (N-methyl/N-ethyl adjacent to an activating group) is 1. The highest BCUT2D eigenvalue weighted by Crippen LogP contribution is 2.24. The second-order valence-electron chi connectivity index (χ2n) is 3.97. The molecule has 1 aromatic rings. The van der Waals surface area contributed by atoms with E-state index in [0.717, 1.165) is 0 Å². The van der Waals surface area contributed by atoms with Crippen LogP contribution in [-0.2, 0) is 4.74 Å². The number of halogens is 1. The number of aromatic carboxylic acids is 1. The van der Waals surface area contributed by atoms with Crippen molar-refractivity contribution in [1.29, 1.82) is 0 Å². The van der Waals surface area contributed by atoms with Crippen LogP contribution in [0.5, 0.6) is 0 Å². The zero-order valence-electron chi connectivity index (χ0n) is 11.4. The number of ether oxygens (including phenoxy) is 1. The predicted octanol–water partition coefficient (Wildman–Crippen LogP) is 2.54. The van der Waals surface area contributed by atoms with Gasteiger partial charge in [-0.25, -0.2) is 9.59 Å². The number of anilines is 1. The second-order valence-corrected chi connectivity index (χ2v) is 4.38. The zero-order chi connectivity index (χ0) is 15.1. The van der Waals surface area contributed by atoms with Crippen molar-refractivity contribution in [3.8, 4) is 0 Å². The Morgan fingerprint density at radius 1 is 1.45 bits per heavy atom. The Kier molecular flexibility index (Phi) is 6.27. The number of nitrogens with one attached hydrogen (secondary N) is 1. The Balaban J connectivity index is 2.89. The van der Waals surface area contributed by atoms with Crippen LogP contribution < -0.4 is 5.32 Å². The average Bonchev–Trinajstić information content (AvgIpc) is 2.39. The van der Waals surface area contributed by atoms with E-state index < -0.39 is 12.0 Å². The van der Waals surface area contributed by atoms with Gasteiger partial charge in [-0.15, -0.1) is 0 Å². The molecule has 7 heteroatoms. The van der Waals surface area contributed by atoms with E-state index in [0.29, 0.717) is 19.7 Å². The molecule has 20 heavy (non-hydrogen) atoms. The molecule has 0 aliphatic rings. The van der Waals surface area contributed by atoms with E-state index in [1.165, 1.54) is 17.0 Å². The fourth-order valence-corrected chi connectivity index (χ4v) is 1.90. The first-order valence-electron chi connectivity index (χ1n) is 6.07. The summed E-state index contributed by atoms with van der Waals surface area (Å²) < 4.78 is 4.92. The van der Waals surface area contributed by atoms with Crippen molar-refractivity contribution in [3.05, 3.63) is 28.8 Å². The zero-order valence-corrected chi connectivity index (χ0v) is 12.1. The number of hydrogen-bond donors (Lipinski definition) is 2. The molecule has 2 N–H and O–H groups in total. The minimum atomic E-state index is -1.19. The van der Waals surface area contributed by atoms with Crippen LogP contribution in [0, 0.1) is 0 Å². The highest BCUT2D eigenvalue weighted by molar-refractivity contribution is 6.34. The molecule has 1 aromatic carbocycles. The van der Waals surface area contributed by atoms with Crippen molar-refractivity contribution in [2.45, 2.75) is 6.92 Å². The first-order valence-corrected chi connectivity index (χ1v) is 6.45. The van der Waals surface area contributed by atoms with Crippen molar-refractivity contribution in [2.75, 3.05) is 32.1 Å². The summed E-state index contributed by atoms with van der Waals surface area (Å²) in [6.45, 7) is 3.13. The van der Waals surface area contributed by atoms with Crippen LogP contribution in [0.3, 0.4) is 0 Å². The van der Waals surface area contributed by atoms with Gasteiger partial charge in [0.1, 0.15) is 5.56 Å². The average molecular weight is 301 g/mol. The summed E-state index contributed by atoms with van der Waals surface area (Å²) in [5.74, 6) is -1.19. The third-order valence-corrected chi connectivity index (χ3v) is 3.02. The standard InChI is InChI=1S/C13H17ClN2O4/c1-3-16(7-8-20-2)13(19)15-10-6-4-5-9(14)11(10)12(17)18/h4-6H,3,7-8H2,1-2H3,(H,15,19)(H,17,18). The van der Waals surface area contributed by atoms with E-state index in [1.807, 2.05) is 6.92 Å². The van der Waals surface area contributed by atoms with Gasteiger partial charge in [0, 0.05) is 20.2 Å². The van der Waals surface area contributed by atoms with Crippen LogP contribution in [0.25, 0.3) is 0 Å². The Morgan fingerprint density at radius 2 is 2.15 bits per heavy atom. The Bertz CT molecular complexity index is 493. The van der Waals surface area contributed by atoms with Gasteiger partial charge >= 0.3 is 12.0 Å². The number of hydrogen-bond acceptors (Lipinski definition) is 3. The number of benzene rings is 1. The van der Waals surface area contributed by atoms with E-state index >= 15 is 0 Å². The van der Waals surface area contributed by atoms with Gasteiger partial charge in [0.2, 0.25) is 0 Å². The lowest BCUT2D eigenvalue weighted by molar-refractivity contribution is 0.0698. The molecule has 0 aliphatic heterocycles. The maximum absolute atomic E-state index is 12.1. The molecule has 0 radical (unpaired) electrons. The van der Waals surface area contributed by atoms with Gasteiger partial charge in [0.15, 0.2) is 0 Å². The molecule has 0 spiro atoms. The maximum atomic E-state index is 12.1. The lowest BCUT2D eigenvalue weighted by Crippen LogP contribution is -2.37. The highest BCUT2D eigenvalue weighted by Gasteiger charge is 2.18. The minimum absolute atomic E-state index is 0.0789. The summed E-state index contributed by atoms with van der Waals surface area (Å²) in [5.41, 5.74) is 0.0520. The van der Waals surface area contributed by atoms with Crippen LogP contribution in [0.15, 0.2) is 18.2 Å². The van der Waals surface area contributed by atoms with E-state index in [2.05, 4.69) is 5.32 Å². The van der Waals surface area contributed by atoms with E-state index in [1.54, 1.807) is 13.2 Å². The quantitative estimate of drug-likeness (QED) is 0.846. The van der Waals surface area contributed by atoms with Gasteiger partial charge in [-0.1, -0.05) is 17.7 Å². The van der Waals surface area contributed by atoms with Gasteiger partial charge in [0.25, 0.3) is 0 Å². The fraction of sp³-hybridized carbons (Fsp3) is 0.385. The lowest BCUT2D eigenvalue weighted by atomic mass is 10.2. The van der Waals surface area contributed by atoms with Crippen LogP contribution in [0.2, 0.25) is 5.02 Å². The maximum Gasteiger partial charge on any atom is 0.339 e. The van der Waals surface area contributed by atoms with Gasteiger partial charge in [-0.2, -0.15) is 0 Å². The number of carbonyl (C=O) groups is 2. The monoisotopic (exact) mass is 300 g/mol. The molecule has 0 saturated carbocycles. The third kappa shape index (κ3) is 4.11. The SMILES string of the molecule is CCN(CCOC)C(=O)Nc1cccc(Cl)c1C(=O)O. The van der Waals surface area contributed by atoms with Gasteiger partial charge in [-0.05, 0) is 19.1 Å². The smallest absolute Gasteiger partial charge is 0.339 e. The first-order chi connectivity index (χ1) is 9.51. The summed E-state index contributed by atoms with van der Waals surface area (Å²) in [6, 6.07) is 4.14. The summed E-state index contributed by atoms with van der Waals surface area (Å²) in [4.78, 5) is 24.7. The molecule has 0 bridgehead atoms. The van der Waals surface area contributed by atoms with Crippen molar-refractivity contribution < 1.29 is 19.4 Å². The van der Waals surface area contributed by atoms with E-state index in [-0.39, 0.29) is 16.3 Å². The number of carboxylic acids is 1. The van der Waals surface area contributed by atoms with Crippen molar-refractivity contribution in [2.24, 2.45) is 0 Å². The molecular weight excluding hydrogens is 284 g/mol. The molecule has 0 saturated heterocycles. The molecule has 0 aromatic heterocycles. The number of methoxy groups -OCH3 is 1. The number of nitrogens with zero attached hydrogens (tertiary/aromatic N) is 1. The Hall–Kier alpha value is -1.79. The molecule has 110 valence electrons. The molecular formula is C13H17ClN2O4. The van der Waals surface area contributed by atoms with Crippen molar-refractivity contribution in [1.82, 2.24) is 4.90 Å². The van der Waals surface area contributed by atoms with Crippen LogP contribution in [-0.4, -0.2) is 48.8 Å². The lowest BCUT2D eigenvalue weighted by Gasteiger charge is -2.21. The van der Waals surface area contributed by atoms with Crippen LogP contribution in [0.1, 0.15) is 17.3 Å². The molecule has 0 heterocycles. The number of rotatable bonds is 6. The minimum Gasteiger partial charge on any atom is -0.478 e. The molecule has 2 amide bonds. The topological polar surface area (TPSA) is 78.9 Å². The fourth-order valence-electron chi connectivity index (χ4n) is 1.64. The summed E-state index contributed by atoms with van der Waals surface area (Å²) in [5, 5.41) is 11.8. The number of carbonyl (C=O) groups excluding carboxylic acids is 1. The molecule has 6 nitrogen and oxygen atoms in total. The van der Waals surface area contributed by atoms with Gasteiger partial charge in [-0.3, -0.25) is 0 Å². The van der Waals surface area contributed by atoms with Gasteiger partial charge < -0.3 is 20.1 Å². The van der Waals surface area contributed by atoms with Crippen LogP contribution in [0.4, 0.5) is 10.5 Å². The van der Waals surface area contributed by atoms with E-state index in [9.17, 15) is 9.59 Å². The Morgan fingerprint density at radius 3 is 2.70 bits per heavy atom. The first kappa shape index (κ1) is 16.3. The summed E-state index contributed by atoms with van der Waals surface area (Å²) in [6.07, 6.45) is 0. The second kappa shape index (κ2) is 7.72. The number of urea groups is 1. The summed E-state index contributed by atoms with van der Waals surface area (Å²) >= 11 is 5.84. The largest absolute Gasteiger partial charge is 0.478 e. The Labute approximate surface area is 122 Å². The van der Waals surface area contributed by atoms with Gasteiger partial charge in [0.05, 0.1) is 17.3 Å². The molecule has 0 atom stereocenters. The molecule has 0 aliphatic carbocycles. The summed E-state index contributed by atoms with van der Waals surface area (Å²) in [7, 11) is 1.55. The normalized spacial score (nSPS) is 10.2. The third-order valence-electron chi connectivity index (χ3n) is 2.70. The molecule has 1 rings (SSSR count). The van der Waals surface area contributed by atoms with Crippen molar-refractivity contribution in [3.63, 3.8) is 0 Å². The van der Waals surface area contributed by atoms with Crippen molar-refractivity contribution >= 4 is 29.3 Å². The van der Waals surface area contributed by atoms with E-state index in [4.69, 9.17) is 21.4 Å². The van der Waals surface area contributed by atoms with Crippen LogP contribution >= 0.6 is 11.6 Å². The molecule has 0 fully saturated rings. The highest BCUT2D eigenvalue weighted by atomic mass is 35.5. The molecule has 0 unspecified atom stereocenters. The number of amides is 2. The number of carboxylic acid groups (broad SMARTS) is 1. The predicted molar refractivity (Wildman–Crippen MR) is 76.6 cm³/mol.